The zero-order valence-corrected chi connectivity index (χ0v) is 11.7. The summed E-state index contributed by atoms with van der Waals surface area (Å²) in [6.45, 7) is 6.66. The van der Waals surface area contributed by atoms with Crippen LogP contribution in [0.5, 0.6) is 5.75 Å². The maximum atomic E-state index is 6.02. The van der Waals surface area contributed by atoms with Gasteiger partial charge in [0.2, 0.25) is 0 Å². The van der Waals surface area contributed by atoms with Gasteiger partial charge in [0.1, 0.15) is 23.9 Å². The molecule has 1 atom stereocenters. The van der Waals surface area contributed by atoms with Gasteiger partial charge in [-0.3, -0.25) is 0 Å². The molecule has 2 aromatic rings. The minimum absolute atomic E-state index is 0.238. The number of nitrogens with two attached hydrogens (primary N) is 1. The first-order valence-electron chi connectivity index (χ1n) is 6.61. The average molecular weight is 259 g/mol. The van der Waals surface area contributed by atoms with E-state index < -0.39 is 0 Å². The van der Waals surface area contributed by atoms with Gasteiger partial charge in [-0.05, 0) is 42.7 Å². The van der Waals surface area contributed by atoms with E-state index in [0.29, 0.717) is 12.5 Å². The topological polar surface area (TPSA) is 48.4 Å². The second-order valence-corrected chi connectivity index (χ2v) is 5.09. The van der Waals surface area contributed by atoms with Crippen LogP contribution in [0.2, 0.25) is 0 Å². The van der Waals surface area contributed by atoms with E-state index in [1.165, 1.54) is 5.56 Å². The fourth-order valence-corrected chi connectivity index (χ4v) is 1.87. The molecular weight excluding hydrogens is 238 g/mol. The van der Waals surface area contributed by atoms with Crippen LogP contribution in [0.15, 0.2) is 40.8 Å². The van der Waals surface area contributed by atoms with Gasteiger partial charge in [-0.15, -0.1) is 0 Å². The van der Waals surface area contributed by atoms with Crippen LogP contribution in [0.3, 0.4) is 0 Å². The molecule has 2 N–H and O–H groups in total. The molecule has 3 nitrogen and oxygen atoms in total. The zero-order chi connectivity index (χ0) is 13.8. The summed E-state index contributed by atoms with van der Waals surface area (Å²) in [6.07, 6.45) is 0. The van der Waals surface area contributed by atoms with Crippen molar-refractivity contribution in [1.82, 2.24) is 0 Å². The Kier molecular flexibility index (Phi) is 4.27. The van der Waals surface area contributed by atoms with Crippen molar-refractivity contribution in [2.45, 2.75) is 32.7 Å². The minimum Gasteiger partial charge on any atom is -0.491 e. The smallest absolute Gasteiger partial charge is 0.124 e. The van der Waals surface area contributed by atoms with Gasteiger partial charge in [0.25, 0.3) is 0 Å². The molecule has 102 valence electrons. The predicted octanol–water partition coefficient (Wildman–Crippen LogP) is 3.79. The number of hydrogen-bond acceptors (Lipinski definition) is 3. The molecule has 0 saturated carbocycles. The lowest BCUT2D eigenvalue weighted by Gasteiger charge is -2.12. The van der Waals surface area contributed by atoms with Gasteiger partial charge in [0.05, 0.1) is 6.04 Å². The van der Waals surface area contributed by atoms with E-state index in [9.17, 15) is 0 Å². The summed E-state index contributed by atoms with van der Waals surface area (Å²) in [5, 5.41) is 0. The molecule has 3 heteroatoms. The number of furan rings is 1. The molecule has 1 unspecified atom stereocenters. The van der Waals surface area contributed by atoms with Crippen LogP contribution in [-0.4, -0.2) is 6.61 Å². The van der Waals surface area contributed by atoms with Gasteiger partial charge in [-0.25, -0.2) is 0 Å². The zero-order valence-electron chi connectivity index (χ0n) is 11.7. The fourth-order valence-electron chi connectivity index (χ4n) is 1.87. The van der Waals surface area contributed by atoms with Crippen LogP contribution in [0.4, 0.5) is 0 Å². The Bertz CT molecular complexity index is 514. The molecule has 0 saturated heterocycles. The van der Waals surface area contributed by atoms with Gasteiger partial charge >= 0.3 is 0 Å². The van der Waals surface area contributed by atoms with Crippen molar-refractivity contribution in [3.8, 4) is 5.75 Å². The van der Waals surface area contributed by atoms with Crippen LogP contribution in [-0.2, 0) is 0 Å². The Morgan fingerprint density at radius 2 is 1.79 bits per heavy atom. The van der Waals surface area contributed by atoms with Crippen LogP contribution < -0.4 is 10.5 Å². The molecule has 0 aliphatic rings. The van der Waals surface area contributed by atoms with E-state index in [1.807, 2.05) is 31.2 Å². The molecule has 1 aromatic heterocycles. The van der Waals surface area contributed by atoms with Crippen molar-refractivity contribution in [3.05, 3.63) is 53.5 Å². The minimum atomic E-state index is -0.238. The van der Waals surface area contributed by atoms with Gasteiger partial charge in [0.15, 0.2) is 0 Å². The van der Waals surface area contributed by atoms with Crippen molar-refractivity contribution in [2.24, 2.45) is 5.73 Å². The monoisotopic (exact) mass is 259 g/mol. The van der Waals surface area contributed by atoms with Crippen LogP contribution in [0.25, 0.3) is 0 Å². The molecule has 0 spiro atoms. The molecule has 2 rings (SSSR count). The van der Waals surface area contributed by atoms with Crippen LogP contribution in [0.1, 0.15) is 42.9 Å². The molecule has 19 heavy (non-hydrogen) atoms. The number of ether oxygens (including phenoxy) is 1. The highest BCUT2D eigenvalue weighted by Crippen LogP contribution is 2.20. The van der Waals surface area contributed by atoms with E-state index in [2.05, 4.69) is 26.0 Å². The number of aryl methyl sites for hydroxylation is 1. The van der Waals surface area contributed by atoms with Crippen molar-refractivity contribution in [2.75, 3.05) is 6.61 Å². The fraction of sp³-hybridized carbons (Fsp3) is 0.375. The summed E-state index contributed by atoms with van der Waals surface area (Å²) in [4.78, 5) is 0. The lowest BCUT2D eigenvalue weighted by molar-refractivity contribution is 0.271. The highest BCUT2D eigenvalue weighted by atomic mass is 16.5. The Morgan fingerprint density at radius 1 is 1.11 bits per heavy atom. The highest BCUT2D eigenvalue weighted by Gasteiger charge is 2.11. The third kappa shape index (κ3) is 3.61. The van der Waals surface area contributed by atoms with Gasteiger partial charge in [-0.1, -0.05) is 26.0 Å². The van der Waals surface area contributed by atoms with E-state index in [-0.39, 0.29) is 6.04 Å². The predicted molar refractivity (Wildman–Crippen MR) is 76.4 cm³/mol. The van der Waals surface area contributed by atoms with Gasteiger partial charge < -0.3 is 14.9 Å². The number of hydrogen-bond donors (Lipinski definition) is 1. The lowest BCUT2D eigenvalue weighted by atomic mass is 10.0. The van der Waals surface area contributed by atoms with Crippen molar-refractivity contribution in [1.29, 1.82) is 0 Å². The summed E-state index contributed by atoms with van der Waals surface area (Å²) in [6, 6.07) is 11.7. The Balaban J connectivity index is 1.91. The van der Waals surface area contributed by atoms with Crippen LogP contribution in [0, 0.1) is 6.92 Å². The molecule has 0 aliphatic carbocycles. The Morgan fingerprint density at radius 3 is 2.32 bits per heavy atom. The van der Waals surface area contributed by atoms with Gasteiger partial charge in [0, 0.05) is 0 Å². The molecule has 0 amide bonds. The first-order valence-corrected chi connectivity index (χ1v) is 6.61. The summed E-state index contributed by atoms with van der Waals surface area (Å²) >= 11 is 0. The molecule has 1 aromatic carbocycles. The third-order valence-electron chi connectivity index (χ3n) is 3.10. The maximum Gasteiger partial charge on any atom is 0.124 e. The first kappa shape index (κ1) is 13.7. The summed E-state index contributed by atoms with van der Waals surface area (Å²) in [5.74, 6) is 2.99. The molecule has 1 heterocycles. The molecule has 0 radical (unpaired) electrons. The molecule has 0 bridgehead atoms. The largest absolute Gasteiger partial charge is 0.491 e. The van der Waals surface area contributed by atoms with E-state index in [1.54, 1.807) is 0 Å². The van der Waals surface area contributed by atoms with E-state index in [4.69, 9.17) is 14.9 Å². The highest BCUT2D eigenvalue weighted by molar-refractivity contribution is 5.29. The van der Waals surface area contributed by atoms with E-state index >= 15 is 0 Å². The molecular formula is C16H21NO2. The molecule has 0 fully saturated rings. The second-order valence-electron chi connectivity index (χ2n) is 5.09. The first-order chi connectivity index (χ1) is 9.06. The van der Waals surface area contributed by atoms with Crippen molar-refractivity contribution in [3.63, 3.8) is 0 Å². The number of benzene rings is 1. The SMILES string of the molecule is Cc1ccc(C(N)COc2ccc(C(C)C)cc2)o1. The van der Waals surface area contributed by atoms with Crippen molar-refractivity contribution < 1.29 is 9.15 Å². The van der Waals surface area contributed by atoms with E-state index in [0.717, 1.165) is 17.3 Å². The third-order valence-corrected chi connectivity index (χ3v) is 3.10. The number of rotatable bonds is 5. The maximum absolute atomic E-state index is 6.02. The standard InChI is InChI=1S/C16H21NO2/c1-11(2)13-5-7-14(8-6-13)18-10-15(17)16-9-4-12(3)19-16/h4-9,11,15H,10,17H2,1-3H3. The second kappa shape index (κ2) is 5.93. The summed E-state index contributed by atoms with van der Waals surface area (Å²) in [5.41, 5.74) is 7.32. The summed E-state index contributed by atoms with van der Waals surface area (Å²) < 4.78 is 11.2. The average Bonchev–Trinajstić information content (AvgIpc) is 2.83. The normalized spacial score (nSPS) is 12.7. The quantitative estimate of drug-likeness (QED) is 0.888. The lowest BCUT2D eigenvalue weighted by Crippen LogP contribution is -2.18. The Labute approximate surface area is 114 Å². The summed E-state index contributed by atoms with van der Waals surface area (Å²) in [7, 11) is 0. The van der Waals surface area contributed by atoms with Gasteiger partial charge in [-0.2, -0.15) is 0 Å². The molecule has 0 aliphatic heterocycles. The van der Waals surface area contributed by atoms with Crippen LogP contribution >= 0.6 is 0 Å². The Hall–Kier alpha value is -1.74. The van der Waals surface area contributed by atoms with Crippen molar-refractivity contribution >= 4 is 0 Å².